The summed E-state index contributed by atoms with van der Waals surface area (Å²) in [6, 6.07) is 0. The summed E-state index contributed by atoms with van der Waals surface area (Å²) >= 11 is 0. The molecule has 30 heavy (non-hydrogen) atoms. The molecule has 5 nitrogen and oxygen atoms in total. The topological polar surface area (TPSA) is 77.5 Å². The van der Waals surface area contributed by atoms with E-state index < -0.39 is 11.8 Å². The summed E-state index contributed by atoms with van der Waals surface area (Å²) in [6.45, 7) is 16.4. The average molecular weight is 415 g/mol. The second-order valence-corrected chi connectivity index (χ2v) is 8.73. The highest BCUT2D eigenvalue weighted by Gasteiger charge is 2.31. The monoisotopic (exact) mass is 414 g/mol. The van der Waals surface area contributed by atoms with Crippen LogP contribution in [0.15, 0.2) is 18.4 Å². The van der Waals surface area contributed by atoms with Crippen LogP contribution in [0.3, 0.4) is 0 Å². The first-order valence-electron chi connectivity index (χ1n) is 10.7. The Hall–Kier alpha value is -2.43. The number of aryl methyl sites for hydroxylation is 1. The van der Waals surface area contributed by atoms with E-state index in [1.165, 1.54) is 0 Å². The van der Waals surface area contributed by atoms with E-state index in [2.05, 4.69) is 13.8 Å². The van der Waals surface area contributed by atoms with Crippen molar-refractivity contribution in [2.45, 2.75) is 87.0 Å². The zero-order valence-electron chi connectivity index (χ0n) is 19.7. The predicted octanol–water partition coefficient (Wildman–Crippen LogP) is 5.06. The molecule has 2 heterocycles. The molecule has 0 radical (unpaired) electrons. The minimum Gasteiger partial charge on any atom is -0.465 e. The third kappa shape index (κ3) is 4.35. The second kappa shape index (κ2) is 9.15. The molecule has 2 aromatic heterocycles. The van der Waals surface area contributed by atoms with Crippen molar-refractivity contribution < 1.29 is 13.6 Å². The van der Waals surface area contributed by atoms with Crippen molar-refractivity contribution in [3.63, 3.8) is 0 Å². The van der Waals surface area contributed by atoms with Crippen molar-refractivity contribution >= 4 is 5.78 Å². The molecule has 0 unspecified atom stereocenters. The summed E-state index contributed by atoms with van der Waals surface area (Å²) in [5, 5.41) is 0. The largest absolute Gasteiger partial charge is 0.465 e. The van der Waals surface area contributed by atoms with E-state index in [0.717, 1.165) is 0 Å². The minimum atomic E-state index is -0.629. The quantitative estimate of drug-likeness (QED) is 0.632. The first-order valence-corrected chi connectivity index (χ1v) is 10.7. The first-order chi connectivity index (χ1) is 13.9. The van der Waals surface area contributed by atoms with E-state index in [-0.39, 0.29) is 16.6 Å². The molecule has 0 fully saturated rings. The van der Waals surface area contributed by atoms with Gasteiger partial charge < -0.3 is 8.83 Å². The van der Waals surface area contributed by atoms with Crippen LogP contribution in [0.4, 0.5) is 0 Å². The lowest BCUT2D eigenvalue weighted by atomic mass is 9.87. The summed E-state index contributed by atoms with van der Waals surface area (Å²) in [5.41, 5.74) is 1.95. The third-order valence-corrected chi connectivity index (χ3v) is 5.96. The van der Waals surface area contributed by atoms with E-state index in [9.17, 15) is 14.4 Å². The number of ketones is 1. The zero-order chi connectivity index (χ0) is 22.9. The van der Waals surface area contributed by atoms with Gasteiger partial charge >= 0.3 is 0 Å². The van der Waals surface area contributed by atoms with Crippen molar-refractivity contribution in [2.24, 2.45) is 5.92 Å². The van der Waals surface area contributed by atoms with Crippen LogP contribution in [-0.4, -0.2) is 5.78 Å². The minimum absolute atomic E-state index is 0.0782. The summed E-state index contributed by atoms with van der Waals surface area (Å²) in [4.78, 5) is 38.7. The van der Waals surface area contributed by atoms with Gasteiger partial charge in [0.1, 0.15) is 23.0 Å². The molecule has 164 valence electrons. The number of hydrogen-bond donors (Lipinski definition) is 0. The molecule has 0 aromatic carbocycles. The molecule has 0 saturated carbocycles. The number of rotatable bonds is 7. The molecule has 0 aliphatic carbocycles. The molecule has 5 heteroatoms. The molecule has 0 amide bonds. The molecule has 0 spiro atoms. The van der Waals surface area contributed by atoms with Gasteiger partial charge in [-0.05, 0) is 47.5 Å². The van der Waals surface area contributed by atoms with Gasteiger partial charge in [0.15, 0.2) is 16.6 Å². The van der Waals surface area contributed by atoms with E-state index in [4.69, 9.17) is 8.83 Å². The molecule has 0 saturated heterocycles. The molecular formula is C25H34O5. The fourth-order valence-electron chi connectivity index (χ4n) is 3.97. The zero-order valence-corrected chi connectivity index (χ0v) is 19.7. The van der Waals surface area contributed by atoms with Gasteiger partial charge in [0.05, 0.1) is 11.8 Å². The Morgan fingerprint density at radius 2 is 1.13 bits per heavy atom. The fourth-order valence-corrected chi connectivity index (χ4v) is 3.97. The second-order valence-electron chi connectivity index (χ2n) is 8.73. The SMILES string of the molecule is CCc1oc([C@H](C)C(=O)[C@@H](C)c2oc(CC(C)C)c(C)c(=O)c2C)c(C)c(=O)c1C. The number of hydrogen-bond acceptors (Lipinski definition) is 5. The van der Waals surface area contributed by atoms with Crippen LogP contribution >= 0.6 is 0 Å². The van der Waals surface area contributed by atoms with Crippen molar-refractivity contribution in [2.75, 3.05) is 0 Å². The van der Waals surface area contributed by atoms with Crippen LogP contribution in [0.2, 0.25) is 0 Å². The van der Waals surface area contributed by atoms with Crippen LogP contribution in [0.1, 0.15) is 91.7 Å². The highest BCUT2D eigenvalue weighted by Crippen LogP contribution is 2.30. The lowest BCUT2D eigenvalue weighted by Crippen LogP contribution is -2.24. The Kier molecular flexibility index (Phi) is 7.27. The highest BCUT2D eigenvalue weighted by molar-refractivity contribution is 5.90. The molecule has 0 aliphatic heterocycles. The fraction of sp³-hybridized carbons (Fsp3) is 0.560. The molecule has 2 rings (SSSR count). The average Bonchev–Trinajstić information content (AvgIpc) is 2.70. The number of carbonyl (C=O) groups is 1. The molecular weight excluding hydrogens is 380 g/mol. The first kappa shape index (κ1) is 23.8. The van der Waals surface area contributed by atoms with E-state index in [0.29, 0.717) is 64.1 Å². The molecule has 0 N–H and O–H groups in total. The van der Waals surface area contributed by atoms with Crippen molar-refractivity contribution in [1.29, 1.82) is 0 Å². The van der Waals surface area contributed by atoms with Crippen LogP contribution < -0.4 is 10.9 Å². The smallest absolute Gasteiger partial charge is 0.191 e. The summed E-state index contributed by atoms with van der Waals surface area (Å²) < 4.78 is 12.1. The Morgan fingerprint density at radius 3 is 1.53 bits per heavy atom. The Balaban J connectivity index is 2.53. The summed E-state index contributed by atoms with van der Waals surface area (Å²) in [5.74, 6) is 0.963. The van der Waals surface area contributed by atoms with Gasteiger partial charge in [-0.25, -0.2) is 0 Å². The van der Waals surface area contributed by atoms with Gasteiger partial charge in [0.2, 0.25) is 0 Å². The van der Waals surface area contributed by atoms with Crippen molar-refractivity contribution in [3.8, 4) is 0 Å². The van der Waals surface area contributed by atoms with Crippen LogP contribution in [0.25, 0.3) is 0 Å². The lowest BCUT2D eigenvalue weighted by Gasteiger charge is -2.20. The number of Topliss-reactive ketones (excluding diaryl/α,β-unsaturated/α-hetero) is 1. The lowest BCUT2D eigenvalue weighted by molar-refractivity contribution is -0.122. The standard InChI is InChI=1S/C25H34O5/c1-10-19-13(4)21(26)15(6)24(29-19)17(8)23(28)18(9)25-16(7)22(27)14(5)20(30-25)11-12(2)3/h12,17-18H,10-11H2,1-9H3/t17-,18-/m1/s1. The predicted molar refractivity (Wildman–Crippen MR) is 119 cm³/mol. The van der Waals surface area contributed by atoms with Gasteiger partial charge in [0, 0.05) is 35.1 Å². The van der Waals surface area contributed by atoms with Crippen LogP contribution in [0, 0.1) is 33.6 Å². The Bertz CT molecular complexity index is 1070. The van der Waals surface area contributed by atoms with Gasteiger partial charge in [-0.2, -0.15) is 0 Å². The van der Waals surface area contributed by atoms with Crippen LogP contribution in [0.5, 0.6) is 0 Å². The third-order valence-electron chi connectivity index (χ3n) is 5.96. The molecule has 0 aliphatic rings. The van der Waals surface area contributed by atoms with Gasteiger partial charge in [-0.3, -0.25) is 14.4 Å². The van der Waals surface area contributed by atoms with E-state index in [1.807, 2.05) is 6.92 Å². The Labute approximate surface area is 178 Å². The van der Waals surface area contributed by atoms with E-state index in [1.54, 1.807) is 41.5 Å². The van der Waals surface area contributed by atoms with Gasteiger partial charge in [-0.1, -0.05) is 20.8 Å². The van der Waals surface area contributed by atoms with E-state index >= 15 is 0 Å². The maximum atomic E-state index is 13.3. The normalized spacial score (nSPS) is 13.5. The maximum absolute atomic E-state index is 13.3. The molecule has 0 bridgehead atoms. The maximum Gasteiger partial charge on any atom is 0.191 e. The Morgan fingerprint density at radius 1 is 0.733 bits per heavy atom. The molecule has 2 atom stereocenters. The van der Waals surface area contributed by atoms with Gasteiger partial charge in [-0.15, -0.1) is 0 Å². The molecule has 2 aromatic rings. The highest BCUT2D eigenvalue weighted by atomic mass is 16.3. The summed E-state index contributed by atoms with van der Waals surface area (Å²) in [7, 11) is 0. The van der Waals surface area contributed by atoms with Gasteiger partial charge in [0.25, 0.3) is 0 Å². The van der Waals surface area contributed by atoms with Crippen molar-refractivity contribution in [3.05, 3.63) is 65.7 Å². The van der Waals surface area contributed by atoms with Crippen LogP contribution in [-0.2, 0) is 17.6 Å². The number of carbonyl (C=O) groups excluding carboxylic acids is 1. The summed E-state index contributed by atoms with van der Waals surface area (Å²) in [6.07, 6.45) is 1.21. The van der Waals surface area contributed by atoms with Crippen molar-refractivity contribution in [1.82, 2.24) is 0 Å².